The number of carbonyl (C=O) groups is 1. The monoisotopic (exact) mass is 267 g/mol. The number of hydrogen-bond donors (Lipinski definition) is 2. The smallest absolute Gasteiger partial charge is 0.231 e. The van der Waals surface area contributed by atoms with Crippen molar-refractivity contribution in [1.82, 2.24) is 4.98 Å². The number of rotatable bonds is 2. The van der Waals surface area contributed by atoms with Gasteiger partial charge in [0.25, 0.3) is 0 Å². The van der Waals surface area contributed by atoms with Crippen LogP contribution in [0.15, 0.2) is 42.5 Å². The van der Waals surface area contributed by atoms with Crippen LogP contribution in [-0.2, 0) is 4.79 Å². The number of amides is 1. The average molecular weight is 267 g/mol. The molecule has 1 aromatic carbocycles. The predicted octanol–water partition coefficient (Wildman–Crippen LogP) is 2.39. The summed E-state index contributed by atoms with van der Waals surface area (Å²) in [5.41, 5.74) is 8.38. The van der Waals surface area contributed by atoms with E-state index in [4.69, 9.17) is 5.73 Å². The second-order valence-corrected chi connectivity index (χ2v) is 5.21. The Morgan fingerprint density at radius 3 is 2.90 bits per heavy atom. The number of aromatic nitrogens is 1. The van der Waals surface area contributed by atoms with Crippen LogP contribution in [0.5, 0.6) is 0 Å². The SMILES string of the molecule is Cc1cc(NC(=O)C2C=CC(N)C2)c2ccccc2n1. The van der Waals surface area contributed by atoms with E-state index < -0.39 is 0 Å². The Bertz CT molecular complexity index is 693. The molecule has 2 aromatic rings. The van der Waals surface area contributed by atoms with Gasteiger partial charge in [0.05, 0.1) is 17.1 Å². The highest BCUT2D eigenvalue weighted by atomic mass is 16.1. The van der Waals surface area contributed by atoms with Crippen LogP contribution >= 0.6 is 0 Å². The van der Waals surface area contributed by atoms with Crippen molar-refractivity contribution in [3.63, 3.8) is 0 Å². The van der Waals surface area contributed by atoms with E-state index in [0.29, 0.717) is 6.42 Å². The summed E-state index contributed by atoms with van der Waals surface area (Å²) in [6, 6.07) is 9.69. The zero-order valence-corrected chi connectivity index (χ0v) is 11.3. The molecule has 0 aliphatic heterocycles. The van der Waals surface area contributed by atoms with Gasteiger partial charge < -0.3 is 11.1 Å². The topological polar surface area (TPSA) is 68.0 Å². The first-order valence-electron chi connectivity index (χ1n) is 6.74. The van der Waals surface area contributed by atoms with E-state index >= 15 is 0 Å². The molecule has 4 nitrogen and oxygen atoms in total. The lowest BCUT2D eigenvalue weighted by Crippen LogP contribution is -2.24. The van der Waals surface area contributed by atoms with Gasteiger partial charge in [-0.1, -0.05) is 30.4 Å². The molecule has 20 heavy (non-hydrogen) atoms. The summed E-state index contributed by atoms with van der Waals surface area (Å²) in [7, 11) is 0. The van der Waals surface area contributed by atoms with Crippen molar-refractivity contribution in [3.8, 4) is 0 Å². The van der Waals surface area contributed by atoms with Crippen molar-refractivity contribution in [3.05, 3.63) is 48.2 Å². The number of para-hydroxylation sites is 1. The lowest BCUT2D eigenvalue weighted by atomic mass is 10.1. The number of fused-ring (bicyclic) bond motifs is 1. The van der Waals surface area contributed by atoms with Gasteiger partial charge in [-0.05, 0) is 25.5 Å². The van der Waals surface area contributed by atoms with E-state index in [2.05, 4.69) is 10.3 Å². The molecule has 0 fully saturated rings. The van der Waals surface area contributed by atoms with Gasteiger partial charge in [0, 0.05) is 17.1 Å². The minimum Gasteiger partial charge on any atom is -0.325 e. The van der Waals surface area contributed by atoms with Gasteiger partial charge >= 0.3 is 0 Å². The van der Waals surface area contributed by atoms with E-state index in [-0.39, 0.29) is 17.9 Å². The highest BCUT2D eigenvalue weighted by Gasteiger charge is 2.23. The minimum absolute atomic E-state index is 0.00930. The van der Waals surface area contributed by atoms with E-state index in [1.54, 1.807) is 0 Å². The van der Waals surface area contributed by atoms with Crippen molar-refractivity contribution in [2.45, 2.75) is 19.4 Å². The van der Waals surface area contributed by atoms with Crippen LogP contribution in [-0.4, -0.2) is 16.9 Å². The molecule has 1 aliphatic carbocycles. The van der Waals surface area contributed by atoms with Crippen LogP contribution in [0.1, 0.15) is 12.1 Å². The van der Waals surface area contributed by atoms with Crippen molar-refractivity contribution < 1.29 is 4.79 Å². The number of aryl methyl sites for hydroxylation is 1. The van der Waals surface area contributed by atoms with E-state index in [1.165, 1.54) is 0 Å². The van der Waals surface area contributed by atoms with Gasteiger partial charge in [-0.15, -0.1) is 0 Å². The van der Waals surface area contributed by atoms with Gasteiger partial charge in [-0.25, -0.2) is 0 Å². The summed E-state index contributed by atoms with van der Waals surface area (Å²) in [5.74, 6) is -0.151. The summed E-state index contributed by atoms with van der Waals surface area (Å²) < 4.78 is 0. The zero-order valence-electron chi connectivity index (χ0n) is 11.3. The maximum atomic E-state index is 12.3. The van der Waals surface area contributed by atoms with Crippen molar-refractivity contribution in [2.75, 3.05) is 5.32 Å². The number of nitrogens with one attached hydrogen (secondary N) is 1. The molecule has 2 atom stereocenters. The Morgan fingerprint density at radius 1 is 1.35 bits per heavy atom. The third kappa shape index (κ3) is 2.42. The fourth-order valence-corrected chi connectivity index (χ4v) is 2.56. The van der Waals surface area contributed by atoms with Crippen molar-refractivity contribution >= 4 is 22.5 Å². The van der Waals surface area contributed by atoms with E-state index in [0.717, 1.165) is 22.3 Å². The molecule has 2 unspecified atom stereocenters. The highest BCUT2D eigenvalue weighted by molar-refractivity contribution is 6.02. The van der Waals surface area contributed by atoms with Gasteiger partial charge in [0.2, 0.25) is 5.91 Å². The molecule has 3 N–H and O–H groups in total. The maximum absolute atomic E-state index is 12.3. The second-order valence-electron chi connectivity index (χ2n) is 5.21. The van der Waals surface area contributed by atoms with E-state index in [1.807, 2.05) is 49.4 Å². The third-order valence-electron chi connectivity index (χ3n) is 3.56. The Morgan fingerprint density at radius 2 is 2.15 bits per heavy atom. The van der Waals surface area contributed by atoms with Gasteiger partial charge in [-0.2, -0.15) is 0 Å². The molecule has 0 bridgehead atoms. The normalized spacial score (nSPS) is 21.3. The lowest BCUT2D eigenvalue weighted by Gasteiger charge is -2.13. The molecule has 3 rings (SSSR count). The Labute approximate surface area is 117 Å². The van der Waals surface area contributed by atoms with Crippen LogP contribution in [0, 0.1) is 12.8 Å². The first-order valence-corrected chi connectivity index (χ1v) is 6.74. The summed E-state index contributed by atoms with van der Waals surface area (Å²) in [6.07, 6.45) is 4.45. The fourth-order valence-electron chi connectivity index (χ4n) is 2.56. The van der Waals surface area contributed by atoms with E-state index in [9.17, 15) is 4.79 Å². The first kappa shape index (κ1) is 12.8. The third-order valence-corrected chi connectivity index (χ3v) is 3.56. The predicted molar refractivity (Wildman–Crippen MR) is 80.3 cm³/mol. The van der Waals surface area contributed by atoms with Crippen LogP contribution in [0.2, 0.25) is 0 Å². The van der Waals surface area contributed by atoms with Crippen molar-refractivity contribution in [1.29, 1.82) is 0 Å². The van der Waals surface area contributed by atoms with Crippen molar-refractivity contribution in [2.24, 2.45) is 11.7 Å². The summed E-state index contributed by atoms with van der Waals surface area (Å²) >= 11 is 0. The highest BCUT2D eigenvalue weighted by Crippen LogP contribution is 2.25. The molecule has 1 heterocycles. The van der Waals surface area contributed by atoms with Crippen LogP contribution in [0.3, 0.4) is 0 Å². The zero-order chi connectivity index (χ0) is 14.1. The molecular weight excluding hydrogens is 250 g/mol. The van der Waals surface area contributed by atoms with Crippen LogP contribution in [0.25, 0.3) is 10.9 Å². The molecule has 0 spiro atoms. The second kappa shape index (κ2) is 5.06. The number of hydrogen-bond acceptors (Lipinski definition) is 3. The summed E-state index contributed by atoms with van der Waals surface area (Å²) in [4.78, 5) is 16.7. The molecular formula is C16H17N3O. The van der Waals surface area contributed by atoms with Gasteiger partial charge in [0.1, 0.15) is 0 Å². The molecule has 4 heteroatoms. The summed E-state index contributed by atoms with van der Waals surface area (Å²) in [6.45, 7) is 1.92. The Kier molecular flexibility index (Phi) is 3.24. The molecule has 0 radical (unpaired) electrons. The first-order chi connectivity index (χ1) is 9.63. The maximum Gasteiger partial charge on any atom is 0.231 e. The number of nitrogens with two attached hydrogens (primary N) is 1. The Balaban J connectivity index is 1.91. The van der Waals surface area contributed by atoms with Crippen LogP contribution in [0.4, 0.5) is 5.69 Å². The number of carbonyl (C=O) groups excluding carboxylic acids is 1. The van der Waals surface area contributed by atoms with Gasteiger partial charge in [-0.3, -0.25) is 9.78 Å². The molecule has 0 saturated heterocycles. The molecule has 1 aromatic heterocycles. The fraction of sp³-hybridized carbons (Fsp3) is 0.250. The molecule has 1 aliphatic rings. The quantitative estimate of drug-likeness (QED) is 0.821. The minimum atomic E-state index is -0.141. The van der Waals surface area contributed by atoms with Crippen LogP contribution < -0.4 is 11.1 Å². The molecule has 0 saturated carbocycles. The molecule has 102 valence electrons. The largest absolute Gasteiger partial charge is 0.325 e. The standard InChI is InChI=1S/C16H17N3O/c1-10-8-15(13-4-2-3-5-14(13)18-10)19-16(20)11-6-7-12(17)9-11/h2-8,11-12H,9,17H2,1H3,(H,18,19,20). The molecule has 1 amide bonds. The van der Waals surface area contributed by atoms with Gasteiger partial charge in [0.15, 0.2) is 0 Å². The number of pyridine rings is 1. The summed E-state index contributed by atoms with van der Waals surface area (Å²) in [5, 5.41) is 3.96. The number of anilines is 1. The number of nitrogens with zero attached hydrogens (tertiary/aromatic N) is 1. The average Bonchev–Trinajstić information content (AvgIpc) is 2.85. The Hall–Kier alpha value is -2.20. The lowest BCUT2D eigenvalue weighted by molar-refractivity contribution is -0.118. The number of benzene rings is 1.